The third kappa shape index (κ3) is 3.17. The minimum atomic E-state index is -0.999. The number of carboxylic acid groups (broad SMARTS) is 1. The van der Waals surface area contributed by atoms with Crippen LogP contribution in [0.5, 0.6) is 0 Å². The molecule has 1 heterocycles. The summed E-state index contributed by atoms with van der Waals surface area (Å²) >= 11 is 3.15. The summed E-state index contributed by atoms with van der Waals surface area (Å²) in [5.41, 5.74) is 0. The van der Waals surface area contributed by atoms with Gasteiger partial charge in [0.2, 0.25) is 5.91 Å². The summed E-state index contributed by atoms with van der Waals surface area (Å²) in [7, 11) is 0. The Morgan fingerprint density at radius 2 is 2.29 bits per heavy atom. The number of amides is 1. The molecule has 0 saturated heterocycles. The van der Waals surface area contributed by atoms with Gasteiger partial charge in [-0.2, -0.15) is 5.10 Å². The van der Waals surface area contributed by atoms with Crippen molar-refractivity contribution in [3.05, 3.63) is 10.7 Å². The van der Waals surface area contributed by atoms with Gasteiger partial charge in [-0.15, -0.1) is 0 Å². The van der Waals surface area contributed by atoms with Crippen LogP contribution < -0.4 is 5.32 Å². The first-order valence-electron chi connectivity index (χ1n) is 3.80. The molecule has 0 spiro atoms. The quantitative estimate of drug-likeness (QED) is 0.753. The molecular formula is C7H8BrN3O3. The number of aromatic amines is 1. The van der Waals surface area contributed by atoms with E-state index in [1.165, 1.54) is 0 Å². The van der Waals surface area contributed by atoms with Crippen LogP contribution in [0.15, 0.2) is 10.7 Å². The number of aromatic nitrogens is 2. The Morgan fingerprint density at radius 1 is 1.57 bits per heavy atom. The van der Waals surface area contributed by atoms with Crippen molar-refractivity contribution in [1.82, 2.24) is 10.2 Å². The Balaban J connectivity index is 2.42. The molecule has 0 atom stereocenters. The molecule has 0 radical (unpaired) electrons. The second-order valence-electron chi connectivity index (χ2n) is 2.52. The van der Waals surface area contributed by atoms with Crippen molar-refractivity contribution in [3.63, 3.8) is 0 Å². The van der Waals surface area contributed by atoms with Crippen LogP contribution >= 0.6 is 15.9 Å². The maximum atomic E-state index is 11.1. The molecule has 1 aromatic heterocycles. The van der Waals surface area contributed by atoms with Crippen molar-refractivity contribution in [2.45, 2.75) is 12.8 Å². The highest BCUT2D eigenvalue weighted by Gasteiger charge is 2.09. The summed E-state index contributed by atoms with van der Waals surface area (Å²) in [6, 6.07) is 0. The number of carbonyl (C=O) groups is 2. The Hall–Kier alpha value is -1.37. The minimum absolute atomic E-state index is 0.0609. The lowest BCUT2D eigenvalue weighted by atomic mass is 10.3. The molecule has 6 nitrogen and oxygen atoms in total. The number of halogens is 1. The third-order valence-corrected chi connectivity index (χ3v) is 2.02. The first kappa shape index (κ1) is 10.7. The van der Waals surface area contributed by atoms with E-state index in [2.05, 4.69) is 31.4 Å². The number of aliphatic carboxylic acids is 1. The van der Waals surface area contributed by atoms with Crippen molar-refractivity contribution in [2.24, 2.45) is 0 Å². The number of rotatable bonds is 4. The Labute approximate surface area is 87.8 Å². The molecule has 1 amide bonds. The van der Waals surface area contributed by atoms with Gasteiger partial charge in [0.25, 0.3) is 0 Å². The standard InChI is InChI=1S/C7H8BrN3O3/c8-4-3-9-11-7(4)10-5(12)1-2-6(13)14/h3H,1-2H2,(H,13,14)(H2,9,10,11,12). The van der Waals surface area contributed by atoms with Crippen LogP contribution in [-0.2, 0) is 9.59 Å². The van der Waals surface area contributed by atoms with E-state index in [1.807, 2.05) is 0 Å². The predicted molar refractivity (Wildman–Crippen MR) is 51.8 cm³/mol. The monoisotopic (exact) mass is 261 g/mol. The summed E-state index contributed by atoms with van der Waals surface area (Å²) in [6.07, 6.45) is 1.31. The number of H-pyrrole nitrogens is 1. The average Bonchev–Trinajstić information content (AvgIpc) is 2.49. The van der Waals surface area contributed by atoms with Gasteiger partial charge in [0.1, 0.15) is 0 Å². The fourth-order valence-electron chi connectivity index (χ4n) is 0.778. The zero-order chi connectivity index (χ0) is 10.6. The third-order valence-electron chi connectivity index (χ3n) is 1.42. The maximum Gasteiger partial charge on any atom is 0.303 e. The van der Waals surface area contributed by atoms with E-state index in [-0.39, 0.29) is 18.7 Å². The number of carboxylic acids is 1. The van der Waals surface area contributed by atoms with Crippen LogP contribution in [0.2, 0.25) is 0 Å². The zero-order valence-electron chi connectivity index (χ0n) is 7.08. The van der Waals surface area contributed by atoms with E-state index in [1.54, 1.807) is 6.20 Å². The minimum Gasteiger partial charge on any atom is -0.481 e. The lowest BCUT2D eigenvalue weighted by molar-refractivity contribution is -0.138. The second-order valence-corrected chi connectivity index (χ2v) is 3.38. The van der Waals surface area contributed by atoms with E-state index in [4.69, 9.17) is 5.11 Å². The molecule has 0 aliphatic carbocycles. The van der Waals surface area contributed by atoms with Crippen LogP contribution in [0, 0.1) is 0 Å². The molecule has 0 aliphatic heterocycles. The molecule has 0 aliphatic rings. The van der Waals surface area contributed by atoms with Gasteiger partial charge in [0.15, 0.2) is 5.82 Å². The van der Waals surface area contributed by atoms with Crippen molar-refractivity contribution in [3.8, 4) is 0 Å². The largest absolute Gasteiger partial charge is 0.481 e. The van der Waals surface area contributed by atoms with E-state index >= 15 is 0 Å². The average molecular weight is 262 g/mol. The molecule has 0 aromatic carbocycles. The Bertz CT molecular complexity index is 350. The highest BCUT2D eigenvalue weighted by Crippen LogP contribution is 2.17. The molecule has 76 valence electrons. The fraction of sp³-hybridized carbons (Fsp3) is 0.286. The Kier molecular flexibility index (Phi) is 3.63. The molecule has 0 saturated carbocycles. The first-order valence-corrected chi connectivity index (χ1v) is 4.60. The molecule has 3 N–H and O–H groups in total. The molecule has 1 rings (SSSR count). The van der Waals surface area contributed by atoms with Crippen molar-refractivity contribution < 1.29 is 14.7 Å². The molecule has 0 bridgehead atoms. The van der Waals surface area contributed by atoms with Gasteiger partial charge in [-0.3, -0.25) is 14.7 Å². The number of nitrogens with one attached hydrogen (secondary N) is 2. The van der Waals surface area contributed by atoms with E-state index < -0.39 is 5.97 Å². The lowest BCUT2D eigenvalue weighted by Crippen LogP contribution is -2.13. The van der Waals surface area contributed by atoms with Crippen molar-refractivity contribution in [1.29, 1.82) is 0 Å². The topological polar surface area (TPSA) is 95.1 Å². The van der Waals surface area contributed by atoms with E-state index in [0.29, 0.717) is 10.3 Å². The number of hydrogen-bond donors (Lipinski definition) is 3. The smallest absolute Gasteiger partial charge is 0.303 e. The second kappa shape index (κ2) is 4.75. The van der Waals surface area contributed by atoms with Crippen LogP contribution in [0.25, 0.3) is 0 Å². The van der Waals surface area contributed by atoms with Gasteiger partial charge in [-0.1, -0.05) is 0 Å². The predicted octanol–water partition coefficient (Wildman–Crippen LogP) is 0.975. The molecule has 0 unspecified atom stereocenters. The first-order chi connectivity index (χ1) is 6.59. The molecular weight excluding hydrogens is 254 g/mol. The van der Waals surface area contributed by atoms with Crippen LogP contribution in [0.3, 0.4) is 0 Å². The molecule has 14 heavy (non-hydrogen) atoms. The SMILES string of the molecule is O=C(O)CCC(=O)Nc1n[nH]cc1Br. The van der Waals surface area contributed by atoms with Crippen LogP contribution in [0.1, 0.15) is 12.8 Å². The highest BCUT2D eigenvalue weighted by atomic mass is 79.9. The number of hydrogen-bond acceptors (Lipinski definition) is 3. The van der Waals surface area contributed by atoms with Gasteiger partial charge in [-0.25, -0.2) is 0 Å². The van der Waals surface area contributed by atoms with Gasteiger partial charge >= 0.3 is 5.97 Å². The van der Waals surface area contributed by atoms with Crippen LogP contribution in [-0.4, -0.2) is 27.2 Å². The highest BCUT2D eigenvalue weighted by molar-refractivity contribution is 9.10. The maximum absolute atomic E-state index is 11.1. The van der Waals surface area contributed by atoms with Gasteiger partial charge in [0.05, 0.1) is 10.9 Å². The van der Waals surface area contributed by atoms with Gasteiger partial charge in [-0.05, 0) is 15.9 Å². The van der Waals surface area contributed by atoms with Crippen LogP contribution in [0.4, 0.5) is 5.82 Å². The molecule has 7 heteroatoms. The van der Waals surface area contributed by atoms with Crippen molar-refractivity contribution in [2.75, 3.05) is 5.32 Å². The summed E-state index contributed by atoms with van der Waals surface area (Å²) in [5, 5.41) is 17.1. The zero-order valence-corrected chi connectivity index (χ0v) is 8.67. The van der Waals surface area contributed by atoms with E-state index in [0.717, 1.165) is 0 Å². The summed E-state index contributed by atoms with van der Waals surface area (Å²) < 4.78 is 0.626. The van der Waals surface area contributed by atoms with Crippen molar-refractivity contribution >= 4 is 33.6 Å². The number of carbonyl (C=O) groups excluding carboxylic acids is 1. The van der Waals surface area contributed by atoms with Gasteiger partial charge in [0, 0.05) is 12.6 Å². The lowest BCUT2D eigenvalue weighted by Gasteiger charge is -1.99. The summed E-state index contributed by atoms with van der Waals surface area (Å²) in [5.74, 6) is -1.01. The van der Waals surface area contributed by atoms with Gasteiger partial charge < -0.3 is 10.4 Å². The summed E-state index contributed by atoms with van der Waals surface area (Å²) in [4.78, 5) is 21.3. The normalized spacial score (nSPS) is 9.79. The fourth-order valence-corrected chi connectivity index (χ4v) is 1.07. The molecule has 1 aromatic rings. The Morgan fingerprint density at radius 3 is 2.79 bits per heavy atom. The number of nitrogens with zero attached hydrogens (tertiary/aromatic N) is 1. The molecule has 0 fully saturated rings. The van der Waals surface area contributed by atoms with E-state index in [9.17, 15) is 9.59 Å². The number of anilines is 1. The summed E-state index contributed by atoms with van der Waals surface area (Å²) in [6.45, 7) is 0.